The van der Waals surface area contributed by atoms with E-state index in [4.69, 9.17) is 14.2 Å². The van der Waals surface area contributed by atoms with Crippen molar-refractivity contribution in [1.29, 1.82) is 0 Å². The molecule has 0 aliphatic carbocycles. The number of allylic oxidation sites excluding steroid dienone is 18. The van der Waals surface area contributed by atoms with E-state index in [1.807, 2.05) is 0 Å². The van der Waals surface area contributed by atoms with Gasteiger partial charge in [0.1, 0.15) is 13.2 Å². The lowest BCUT2D eigenvalue weighted by atomic mass is 10.0. The predicted octanol–water partition coefficient (Wildman–Crippen LogP) is 21.0. The average molecular weight is 1030 g/mol. The Morgan fingerprint density at radius 3 is 0.878 bits per heavy atom. The van der Waals surface area contributed by atoms with E-state index in [1.165, 1.54) is 122 Å². The van der Waals surface area contributed by atoms with Crippen molar-refractivity contribution in [2.24, 2.45) is 0 Å². The highest BCUT2D eigenvalue weighted by Gasteiger charge is 2.19. The number of ether oxygens (including phenoxy) is 3. The van der Waals surface area contributed by atoms with Gasteiger partial charge in [0.25, 0.3) is 0 Å². The van der Waals surface area contributed by atoms with Gasteiger partial charge < -0.3 is 14.2 Å². The summed E-state index contributed by atoms with van der Waals surface area (Å²) in [6, 6.07) is 0. The maximum absolute atomic E-state index is 12.9. The highest BCUT2D eigenvalue weighted by molar-refractivity contribution is 5.71. The largest absolute Gasteiger partial charge is 0.462 e. The molecule has 6 heteroatoms. The third kappa shape index (κ3) is 59.0. The van der Waals surface area contributed by atoms with Gasteiger partial charge in [-0.15, -0.1) is 0 Å². The van der Waals surface area contributed by atoms with Crippen LogP contribution in [0.15, 0.2) is 109 Å². The van der Waals surface area contributed by atoms with Crippen LogP contribution in [0.5, 0.6) is 0 Å². The van der Waals surface area contributed by atoms with Crippen molar-refractivity contribution < 1.29 is 28.6 Å². The first-order chi connectivity index (χ1) is 36.5. The molecule has 0 fully saturated rings. The van der Waals surface area contributed by atoms with Crippen molar-refractivity contribution in [2.75, 3.05) is 13.2 Å². The minimum atomic E-state index is -0.811. The number of hydrogen-bond donors (Lipinski definition) is 0. The van der Waals surface area contributed by atoms with Gasteiger partial charge in [0.2, 0.25) is 0 Å². The second kappa shape index (κ2) is 61.6. The third-order valence-corrected chi connectivity index (χ3v) is 13.0. The molecule has 0 aliphatic rings. The first kappa shape index (κ1) is 70.1. The summed E-state index contributed by atoms with van der Waals surface area (Å²) in [4.78, 5) is 38.3. The summed E-state index contributed by atoms with van der Waals surface area (Å²) >= 11 is 0. The minimum Gasteiger partial charge on any atom is -0.462 e. The Morgan fingerprint density at radius 1 is 0.284 bits per heavy atom. The zero-order valence-corrected chi connectivity index (χ0v) is 48.3. The molecule has 0 aromatic rings. The molecule has 0 saturated heterocycles. The smallest absolute Gasteiger partial charge is 0.306 e. The van der Waals surface area contributed by atoms with Gasteiger partial charge in [-0.3, -0.25) is 14.4 Å². The molecule has 0 N–H and O–H groups in total. The van der Waals surface area contributed by atoms with Crippen LogP contribution in [-0.2, 0) is 28.6 Å². The second-order valence-electron chi connectivity index (χ2n) is 20.2. The fourth-order valence-corrected chi connectivity index (χ4v) is 8.47. The van der Waals surface area contributed by atoms with Crippen molar-refractivity contribution in [1.82, 2.24) is 0 Å². The topological polar surface area (TPSA) is 78.9 Å². The predicted molar refractivity (Wildman–Crippen MR) is 320 cm³/mol. The molecule has 0 radical (unpaired) electrons. The van der Waals surface area contributed by atoms with Crippen LogP contribution in [0.1, 0.15) is 284 Å². The van der Waals surface area contributed by atoms with E-state index in [-0.39, 0.29) is 37.5 Å². The van der Waals surface area contributed by atoms with E-state index in [9.17, 15) is 14.4 Å². The van der Waals surface area contributed by atoms with Gasteiger partial charge in [0.05, 0.1) is 0 Å². The van der Waals surface area contributed by atoms with Crippen LogP contribution in [0.25, 0.3) is 0 Å². The Labute approximate surface area is 457 Å². The molecule has 1 unspecified atom stereocenters. The minimum absolute atomic E-state index is 0.101. The number of carbonyl (C=O) groups excluding carboxylic acids is 3. The lowest BCUT2D eigenvalue weighted by Crippen LogP contribution is -2.30. The van der Waals surface area contributed by atoms with E-state index in [2.05, 4.69) is 130 Å². The quantitative estimate of drug-likeness (QED) is 0.0261. The molecule has 1 atom stereocenters. The standard InChI is InChI=1S/C68H114O6/c1-4-7-10-13-16-19-22-25-28-31-33-35-37-40-43-46-49-52-55-58-61-67(70)73-64-65(63-72-66(69)60-57-54-51-48-45-42-39-36-30-27-24-21-18-15-12-9-6-3)74-68(71)62-59-56-53-50-47-44-41-38-34-32-29-26-23-20-17-14-11-8-5-2/h8-9,11-12,17-18,20-21,26-27,29-30,34,38-39,42,48,51,65H,4-7,10,13-16,19,22-25,28,31-33,35-37,40-41,43-47,49-50,52-64H2,1-3H3/b11-8-,12-9-,20-17-,21-18-,29-26-,30-27-,38-34-,42-39-,51-48-. The number of esters is 3. The van der Waals surface area contributed by atoms with Crippen LogP contribution in [0, 0.1) is 0 Å². The van der Waals surface area contributed by atoms with Gasteiger partial charge in [-0.25, -0.2) is 0 Å². The second-order valence-corrected chi connectivity index (χ2v) is 20.2. The Morgan fingerprint density at radius 2 is 0.541 bits per heavy atom. The fraction of sp³-hybridized carbons (Fsp3) is 0.691. The first-order valence-electron chi connectivity index (χ1n) is 30.9. The molecule has 0 bridgehead atoms. The lowest BCUT2D eigenvalue weighted by molar-refractivity contribution is -0.167. The summed E-state index contributed by atoms with van der Waals surface area (Å²) in [6.07, 6.45) is 83.8. The molecule has 0 heterocycles. The van der Waals surface area contributed by atoms with E-state index in [0.717, 1.165) is 116 Å². The maximum atomic E-state index is 12.9. The summed E-state index contributed by atoms with van der Waals surface area (Å²) in [5.74, 6) is -0.969. The highest BCUT2D eigenvalue weighted by Crippen LogP contribution is 2.16. The van der Waals surface area contributed by atoms with Gasteiger partial charge in [0, 0.05) is 19.3 Å². The molecule has 0 spiro atoms. The molecule has 0 aliphatic heterocycles. The molecular formula is C68H114O6. The third-order valence-electron chi connectivity index (χ3n) is 13.0. The summed E-state index contributed by atoms with van der Waals surface area (Å²) < 4.78 is 16.9. The van der Waals surface area contributed by atoms with Crippen LogP contribution in [-0.4, -0.2) is 37.2 Å². The Hall–Kier alpha value is -3.93. The monoisotopic (exact) mass is 1030 g/mol. The molecular weight excluding hydrogens is 913 g/mol. The van der Waals surface area contributed by atoms with Gasteiger partial charge in [-0.2, -0.15) is 0 Å². The molecule has 6 nitrogen and oxygen atoms in total. The van der Waals surface area contributed by atoms with Gasteiger partial charge >= 0.3 is 17.9 Å². The number of unbranched alkanes of at least 4 members (excludes halogenated alkanes) is 26. The summed E-state index contributed by atoms with van der Waals surface area (Å²) in [5, 5.41) is 0. The summed E-state index contributed by atoms with van der Waals surface area (Å²) in [5.41, 5.74) is 0. The molecule has 0 saturated carbocycles. The SMILES string of the molecule is CC/C=C\C/C=C\C/C=C\C/C=C\C/C=C\CCCC(=O)OCC(COC(=O)CCCCCCCCCCCCCCCCCCCCCC)OC(=O)CCCCCCCC/C=C\C/C=C\C/C=C\C/C=C\CC. The Bertz CT molecular complexity index is 1510. The van der Waals surface area contributed by atoms with Crippen molar-refractivity contribution in [3.63, 3.8) is 0 Å². The summed E-state index contributed by atoms with van der Waals surface area (Å²) in [7, 11) is 0. The average Bonchev–Trinajstić information content (AvgIpc) is 3.40. The molecule has 74 heavy (non-hydrogen) atoms. The zero-order valence-electron chi connectivity index (χ0n) is 48.3. The van der Waals surface area contributed by atoms with E-state index in [0.29, 0.717) is 19.3 Å². The number of carbonyl (C=O) groups is 3. The fourth-order valence-electron chi connectivity index (χ4n) is 8.47. The van der Waals surface area contributed by atoms with Crippen LogP contribution in [0.3, 0.4) is 0 Å². The van der Waals surface area contributed by atoms with Crippen LogP contribution < -0.4 is 0 Å². The number of rotatable bonds is 55. The Balaban J connectivity index is 4.47. The molecule has 0 aromatic heterocycles. The van der Waals surface area contributed by atoms with Crippen molar-refractivity contribution >= 4 is 17.9 Å². The van der Waals surface area contributed by atoms with E-state index >= 15 is 0 Å². The summed E-state index contributed by atoms with van der Waals surface area (Å²) in [6.45, 7) is 6.38. The first-order valence-corrected chi connectivity index (χ1v) is 30.9. The van der Waals surface area contributed by atoms with Crippen molar-refractivity contribution in [2.45, 2.75) is 290 Å². The molecule has 0 aromatic carbocycles. The zero-order chi connectivity index (χ0) is 53.6. The molecule has 422 valence electrons. The normalized spacial score (nSPS) is 12.9. The van der Waals surface area contributed by atoms with Crippen molar-refractivity contribution in [3.8, 4) is 0 Å². The highest BCUT2D eigenvalue weighted by atomic mass is 16.6. The van der Waals surface area contributed by atoms with Crippen LogP contribution in [0.2, 0.25) is 0 Å². The van der Waals surface area contributed by atoms with Crippen molar-refractivity contribution in [3.05, 3.63) is 109 Å². The van der Waals surface area contributed by atoms with E-state index in [1.54, 1.807) is 0 Å². The lowest BCUT2D eigenvalue weighted by Gasteiger charge is -2.18. The van der Waals surface area contributed by atoms with Gasteiger partial charge in [-0.1, -0.05) is 278 Å². The Kier molecular flexibility index (Phi) is 58.3. The number of hydrogen-bond acceptors (Lipinski definition) is 6. The van der Waals surface area contributed by atoms with E-state index < -0.39 is 6.10 Å². The molecule has 0 amide bonds. The van der Waals surface area contributed by atoms with Gasteiger partial charge in [0.15, 0.2) is 6.10 Å². The molecule has 0 rings (SSSR count). The van der Waals surface area contributed by atoms with Crippen LogP contribution >= 0.6 is 0 Å². The van der Waals surface area contributed by atoms with Crippen LogP contribution in [0.4, 0.5) is 0 Å². The van der Waals surface area contributed by atoms with Gasteiger partial charge in [-0.05, 0) is 96.3 Å². The maximum Gasteiger partial charge on any atom is 0.306 e.